The third-order valence-corrected chi connectivity index (χ3v) is 3.92. The molecular formula is C11H19ClN2O2S. The largest absolute Gasteiger partial charge is 0.389 e. The second-order valence-electron chi connectivity index (χ2n) is 4.04. The van der Waals surface area contributed by atoms with Gasteiger partial charge in [0.05, 0.1) is 30.3 Å². The SMILES string of the molecule is COCC(O)CN(C)C(C)c1nc(CCl)cs1. The minimum Gasteiger partial charge on any atom is -0.389 e. The summed E-state index contributed by atoms with van der Waals surface area (Å²) >= 11 is 7.33. The number of ether oxygens (including phenoxy) is 1. The fourth-order valence-corrected chi connectivity index (χ4v) is 2.67. The maximum absolute atomic E-state index is 9.66. The predicted octanol–water partition coefficient (Wildman–Crippen LogP) is 1.88. The first-order valence-corrected chi connectivity index (χ1v) is 6.87. The van der Waals surface area contributed by atoms with Crippen molar-refractivity contribution in [1.29, 1.82) is 0 Å². The molecule has 17 heavy (non-hydrogen) atoms. The van der Waals surface area contributed by atoms with Crippen LogP contribution in [-0.4, -0.2) is 48.4 Å². The molecule has 2 unspecified atom stereocenters. The molecule has 1 aromatic heterocycles. The lowest BCUT2D eigenvalue weighted by atomic mass is 10.2. The monoisotopic (exact) mass is 278 g/mol. The van der Waals surface area contributed by atoms with Crippen LogP contribution in [0, 0.1) is 0 Å². The first-order valence-electron chi connectivity index (χ1n) is 5.46. The van der Waals surface area contributed by atoms with Crippen LogP contribution in [0.5, 0.6) is 0 Å². The van der Waals surface area contributed by atoms with E-state index in [2.05, 4.69) is 16.8 Å². The summed E-state index contributed by atoms with van der Waals surface area (Å²) in [5, 5.41) is 12.7. The van der Waals surface area contributed by atoms with Gasteiger partial charge in [0.15, 0.2) is 0 Å². The van der Waals surface area contributed by atoms with Crippen LogP contribution in [0.2, 0.25) is 0 Å². The van der Waals surface area contributed by atoms with Gasteiger partial charge in [-0.3, -0.25) is 4.90 Å². The van der Waals surface area contributed by atoms with Crippen LogP contribution in [0.25, 0.3) is 0 Å². The number of hydrogen-bond donors (Lipinski definition) is 1. The van der Waals surface area contributed by atoms with E-state index in [4.69, 9.17) is 16.3 Å². The molecule has 0 spiro atoms. The van der Waals surface area contributed by atoms with Crippen LogP contribution >= 0.6 is 22.9 Å². The van der Waals surface area contributed by atoms with E-state index in [1.54, 1.807) is 18.4 Å². The second-order valence-corrected chi connectivity index (χ2v) is 5.19. The van der Waals surface area contributed by atoms with Crippen molar-refractivity contribution in [3.63, 3.8) is 0 Å². The number of thiazole rings is 1. The lowest BCUT2D eigenvalue weighted by molar-refractivity contribution is 0.0357. The average Bonchev–Trinajstić information content (AvgIpc) is 2.76. The van der Waals surface area contributed by atoms with Crippen molar-refractivity contribution < 1.29 is 9.84 Å². The zero-order valence-corrected chi connectivity index (χ0v) is 12.0. The van der Waals surface area contributed by atoms with E-state index < -0.39 is 6.10 Å². The Morgan fingerprint density at radius 1 is 1.65 bits per heavy atom. The topological polar surface area (TPSA) is 45.6 Å². The van der Waals surface area contributed by atoms with Crippen LogP contribution < -0.4 is 0 Å². The van der Waals surface area contributed by atoms with E-state index in [1.165, 1.54) is 0 Å². The molecule has 0 bridgehead atoms. The van der Waals surface area contributed by atoms with Crippen molar-refractivity contribution >= 4 is 22.9 Å². The van der Waals surface area contributed by atoms with Gasteiger partial charge in [0.1, 0.15) is 5.01 Å². The molecule has 0 aliphatic carbocycles. The lowest BCUT2D eigenvalue weighted by Gasteiger charge is -2.25. The normalized spacial score (nSPS) is 15.2. The first kappa shape index (κ1) is 14.9. The van der Waals surface area contributed by atoms with E-state index in [1.807, 2.05) is 12.4 Å². The number of aliphatic hydroxyl groups excluding tert-OH is 1. The van der Waals surface area contributed by atoms with Crippen LogP contribution in [0.3, 0.4) is 0 Å². The third-order valence-electron chi connectivity index (χ3n) is 2.58. The first-order chi connectivity index (χ1) is 8.08. The van der Waals surface area contributed by atoms with E-state index in [9.17, 15) is 5.11 Å². The Kier molecular flexibility index (Phi) is 6.37. The van der Waals surface area contributed by atoms with Gasteiger partial charge in [-0.15, -0.1) is 22.9 Å². The van der Waals surface area contributed by atoms with E-state index in [0.717, 1.165) is 10.7 Å². The van der Waals surface area contributed by atoms with Crippen molar-refractivity contribution in [3.05, 3.63) is 16.1 Å². The van der Waals surface area contributed by atoms with Gasteiger partial charge in [0.25, 0.3) is 0 Å². The number of rotatable bonds is 7. The number of aromatic nitrogens is 1. The van der Waals surface area contributed by atoms with Crippen LogP contribution in [0.1, 0.15) is 23.7 Å². The highest BCUT2D eigenvalue weighted by molar-refractivity contribution is 7.09. The molecule has 0 radical (unpaired) electrons. The maximum atomic E-state index is 9.66. The molecule has 0 amide bonds. The van der Waals surface area contributed by atoms with Gasteiger partial charge in [-0.25, -0.2) is 4.98 Å². The Morgan fingerprint density at radius 3 is 2.88 bits per heavy atom. The molecule has 4 nitrogen and oxygen atoms in total. The molecule has 0 fully saturated rings. The molecule has 0 saturated heterocycles. The van der Waals surface area contributed by atoms with E-state index in [0.29, 0.717) is 19.0 Å². The Hall–Kier alpha value is -0.200. The van der Waals surface area contributed by atoms with Crippen molar-refractivity contribution in [3.8, 4) is 0 Å². The molecule has 0 aromatic carbocycles. The molecule has 0 aliphatic heterocycles. The summed E-state index contributed by atoms with van der Waals surface area (Å²) in [6.45, 7) is 2.98. The number of hydrogen-bond acceptors (Lipinski definition) is 5. The van der Waals surface area contributed by atoms with Gasteiger partial charge < -0.3 is 9.84 Å². The summed E-state index contributed by atoms with van der Waals surface area (Å²) in [5.41, 5.74) is 0.907. The number of alkyl halides is 1. The molecule has 2 atom stereocenters. The zero-order chi connectivity index (χ0) is 12.8. The highest BCUT2D eigenvalue weighted by Crippen LogP contribution is 2.23. The molecule has 0 saturated carbocycles. The van der Waals surface area contributed by atoms with Crippen molar-refractivity contribution in [2.45, 2.75) is 24.9 Å². The smallest absolute Gasteiger partial charge is 0.110 e. The van der Waals surface area contributed by atoms with Gasteiger partial charge in [0, 0.05) is 19.0 Å². The Morgan fingerprint density at radius 2 is 2.35 bits per heavy atom. The minimum atomic E-state index is -0.472. The highest BCUT2D eigenvalue weighted by atomic mass is 35.5. The zero-order valence-electron chi connectivity index (χ0n) is 10.4. The van der Waals surface area contributed by atoms with Gasteiger partial charge in [-0.1, -0.05) is 0 Å². The minimum absolute atomic E-state index is 0.170. The number of halogens is 1. The van der Waals surface area contributed by atoms with Gasteiger partial charge >= 0.3 is 0 Å². The quantitative estimate of drug-likeness (QED) is 0.774. The molecule has 1 heterocycles. The van der Waals surface area contributed by atoms with Crippen molar-refractivity contribution in [1.82, 2.24) is 9.88 Å². The highest BCUT2D eigenvalue weighted by Gasteiger charge is 2.18. The summed E-state index contributed by atoms with van der Waals surface area (Å²) in [4.78, 5) is 6.49. The molecule has 1 rings (SSSR count). The van der Waals surface area contributed by atoms with E-state index in [-0.39, 0.29) is 6.04 Å². The van der Waals surface area contributed by atoms with Crippen LogP contribution in [-0.2, 0) is 10.6 Å². The van der Waals surface area contributed by atoms with Gasteiger partial charge in [0.2, 0.25) is 0 Å². The summed E-state index contributed by atoms with van der Waals surface area (Å²) in [6, 6.07) is 0.170. The Bertz CT molecular complexity index is 335. The molecule has 0 aliphatic rings. The number of aliphatic hydroxyl groups is 1. The molecule has 1 aromatic rings. The van der Waals surface area contributed by atoms with Gasteiger partial charge in [-0.2, -0.15) is 0 Å². The Labute approximate surface area is 111 Å². The molecule has 98 valence electrons. The van der Waals surface area contributed by atoms with Crippen molar-refractivity contribution in [2.75, 3.05) is 27.3 Å². The number of likely N-dealkylation sites (N-methyl/N-ethyl adjacent to an activating group) is 1. The summed E-state index contributed by atoms with van der Waals surface area (Å²) in [7, 11) is 3.55. The summed E-state index contributed by atoms with van der Waals surface area (Å²) < 4.78 is 4.90. The van der Waals surface area contributed by atoms with Crippen LogP contribution in [0.4, 0.5) is 0 Å². The number of nitrogens with zero attached hydrogens (tertiary/aromatic N) is 2. The maximum Gasteiger partial charge on any atom is 0.110 e. The average molecular weight is 279 g/mol. The van der Waals surface area contributed by atoms with Crippen LogP contribution in [0.15, 0.2) is 5.38 Å². The van der Waals surface area contributed by atoms with Crippen molar-refractivity contribution in [2.24, 2.45) is 0 Å². The summed E-state index contributed by atoms with van der Waals surface area (Å²) in [5.74, 6) is 0.444. The number of methoxy groups -OCH3 is 1. The summed E-state index contributed by atoms with van der Waals surface area (Å²) in [6.07, 6.45) is -0.472. The molecular weight excluding hydrogens is 260 g/mol. The third kappa shape index (κ3) is 4.52. The predicted molar refractivity (Wildman–Crippen MR) is 70.6 cm³/mol. The second kappa shape index (κ2) is 7.28. The molecule has 1 N–H and O–H groups in total. The Balaban J connectivity index is 2.53. The van der Waals surface area contributed by atoms with E-state index >= 15 is 0 Å². The lowest BCUT2D eigenvalue weighted by Crippen LogP contribution is -2.33. The van der Waals surface area contributed by atoms with Gasteiger partial charge in [-0.05, 0) is 14.0 Å². The fraction of sp³-hybridized carbons (Fsp3) is 0.727. The fourth-order valence-electron chi connectivity index (χ4n) is 1.50. The molecule has 6 heteroatoms. The standard InChI is InChI=1S/C11H19ClN2O2S/c1-8(11-13-9(4-12)7-17-11)14(2)5-10(15)6-16-3/h7-8,10,15H,4-6H2,1-3H3.